The molecule has 1 saturated heterocycles. The molecule has 0 radical (unpaired) electrons. The summed E-state index contributed by atoms with van der Waals surface area (Å²) in [7, 11) is 0. The number of thioether (sulfide) groups is 1. The summed E-state index contributed by atoms with van der Waals surface area (Å²) in [6.45, 7) is 2.06. The normalized spacial score (nSPS) is 19.4. The van der Waals surface area contributed by atoms with E-state index in [9.17, 15) is 9.59 Å². The summed E-state index contributed by atoms with van der Waals surface area (Å²) in [5.41, 5.74) is 0.771. The second kappa shape index (κ2) is 5.75. The van der Waals surface area contributed by atoms with E-state index in [1.807, 2.05) is 0 Å². The third kappa shape index (κ3) is 3.16. The average Bonchev–Trinajstić information content (AvgIpc) is 2.62. The number of anilines is 1. The minimum atomic E-state index is 0.0222. The van der Waals surface area contributed by atoms with Crippen LogP contribution in [0, 0.1) is 3.57 Å². The molecule has 1 atom stereocenters. The van der Waals surface area contributed by atoms with Crippen LogP contribution in [0.3, 0.4) is 0 Å². The van der Waals surface area contributed by atoms with Gasteiger partial charge in [0.2, 0.25) is 5.91 Å². The number of halogens is 2. The Morgan fingerprint density at radius 1 is 1.67 bits per heavy atom. The van der Waals surface area contributed by atoms with Gasteiger partial charge in [0.05, 0.1) is 9.26 Å². The van der Waals surface area contributed by atoms with E-state index >= 15 is 0 Å². The van der Waals surface area contributed by atoms with Gasteiger partial charge < -0.3 is 4.90 Å². The van der Waals surface area contributed by atoms with Crippen molar-refractivity contribution in [3.8, 4) is 0 Å². The van der Waals surface area contributed by atoms with E-state index < -0.39 is 0 Å². The zero-order valence-corrected chi connectivity index (χ0v) is 13.3. The topological polar surface area (TPSA) is 50.3 Å². The zero-order valence-electron chi connectivity index (χ0n) is 9.52. The third-order valence-corrected chi connectivity index (χ3v) is 4.53. The fourth-order valence-corrected chi connectivity index (χ4v) is 3.49. The van der Waals surface area contributed by atoms with Gasteiger partial charge in [-0.25, -0.2) is 4.98 Å². The molecule has 0 N–H and O–H groups in total. The Bertz CT molecular complexity index is 512. The summed E-state index contributed by atoms with van der Waals surface area (Å²) in [5, 5.41) is 0.427. The predicted octanol–water partition coefficient (Wildman–Crippen LogP) is 2.72. The summed E-state index contributed by atoms with van der Waals surface area (Å²) in [6, 6.07) is 1.68. The molecule has 1 fully saturated rings. The third-order valence-electron chi connectivity index (χ3n) is 2.51. The van der Waals surface area contributed by atoms with Gasteiger partial charge in [0.25, 0.3) is 0 Å². The Kier molecular flexibility index (Phi) is 4.50. The van der Waals surface area contributed by atoms with Crippen LogP contribution in [0.25, 0.3) is 0 Å². The van der Waals surface area contributed by atoms with Crippen molar-refractivity contribution in [3.63, 3.8) is 0 Å². The van der Waals surface area contributed by atoms with Crippen molar-refractivity contribution < 1.29 is 9.59 Å². The van der Waals surface area contributed by atoms with E-state index in [2.05, 4.69) is 27.6 Å². The van der Waals surface area contributed by atoms with Crippen LogP contribution in [0.15, 0.2) is 12.3 Å². The molecule has 0 aliphatic carbocycles. The highest BCUT2D eigenvalue weighted by molar-refractivity contribution is 14.1. The number of aromatic nitrogens is 1. The van der Waals surface area contributed by atoms with Crippen molar-refractivity contribution in [2.45, 2.75) is 18.6 Å². The molecule has 1 aliphatic heterocycles. The standard InChI is InChI=1S/C11H10ClIN2O2S/c1-6(16)18-7-2-11(17)15(5-7)9-3-10(12)14-4-8(9)13/h3-4,7H,2,5H2,1H3. The molecule has 1 aliphatic rings. The highest BCUT2D eigenvalue weighted by atomic mass is 127. The molecule has 1 amide bonds. The summed E-state index contributed by atoms with van der Waals surface area (Å²) in [5.74, 6) is 0.0222. The Morgan fingerprint density at radius 3 is 3.06 bits per heavy atom. The SMILES string of the molecule is CC(=O)SC1CC(=O)N(c2cc(Cl)ncc2I)C1. The number of hydrogen-bond donors (Lipinski definition) is 0. The van der Waals surface area contributed by atoms with Gasteiger partial charge in [-0.15, -0.1) is 0 Å². The molecule has 2 heterocycles. The van der Waals surface area contributed by atoms with Crippen LogP contribution in [-0.2, 0) is 9.59 Å². The van der Waals surface area contributed by atoms with E-state index in [4.69, 9.17) is 11.6 Å². The monoisotopic (exact) mass is 396 g/mol. The van der Waals surface area contributed by atoms with Gasteiger partial charge >= 0.3 is 0 Å². The lowest BCUT2D eigenvalue weighted by Gasteiger charge is -2.18. The highest BCUT2D eigenvalue weighted by Crippen LogP contribution is 2.32. The number of carbonyl (C=O) groups excluding carboxylic acids is 2. The van der Waals surface area contributed by atoms with Gasteiger partial charge in [-0.3, -0.25) is 9.59 Å². The van der Waals surface area contributed by atoms with E-state index in [1.165, 1.54) is 18.7 Å². The van der Waals surface area contributed by atoms with Crippen molar-refractivity contribution in [3.05, 3.63) is 21.0 Å². The molecule has 0 saturated carbocycles. The first-order chi connectivity index (χ1) is 8.47. The molecular weight excluding hydrogens is 387 g/mol. The second-order valence-corrected chi connectivity index (χ2v) is 6.93. The van der Waals surface area contributed by atoms with Crippen molar-refractivity contribution in [2.24, 2.45) is 0 Å². The minimum Gasteiger partial charge on any atom is -0.310 e. The fraction of sp³-hybridized carbons (Fsp3) is 0.364. The maximum Gasteiger partial charge on any atom is 0.228 e. The number of nitrogens with zero attached hydrogens (tertiary/aromatic N) is 2. The molecule has 0 spiro atoms. The van der Waals surface area contributed by atoms with Gasteiger partial charge in [-0.2, -0.15) is 0 Å². The predicted molar refractivity (Wildman–Crippen MR) is 81.0 cm³/mol. The number of amides is 1. The fourth-order valence-electron chi connectivity index (χ4n) is 1.83. The molecule has 0 aromatic carbocycles. The largest absolute Gasteiger partial charge is 0.310 e. The molecule has 1 unspecified atom stereocenters. The Morgan fingerprint density at radius 2 is 2.39 bits per heavy atom. The molecule has 4 nitrogen and oxygen atoms in total. The maximum atomic E-state index is 12.0. The van der Waals surface area contributed by atoms with Crippen molar-refractivity contribution in [1.82, 2.24) is 4.98 Å². The minimum absolute atomic E-state index is 0.0222. The van der Waals surface area contributed by atoms with Gasteiger partial charge in [0.1, 0.15) is 5.15 Å². The van der Waals surface area contributed by atoms with Crippen LogP contribution in [0.2, 0.25) is 5.15 Å². The molecule has 96 valence electrons. The number of rotatable bonds is 2. The van der Waals surface area contributed by atoms with Crippen LogP contribution in [0.4, 0.5) is 5.69 Å². The first-order valence-corrected chi connectivity index (χ1v) is 7.59. The van der Waals surface area contributed by atoms with Crippen molar-refractivity contribution >= 4 is 62.7 Å². The molecule has 1 aromatic heterocycles. The Labute approximate surface area is 128 Å². The Hall–Kier alpha value is -0.340. The van der Waals surface area contributed by atoms with Crippen LogP contribution in [0.1, 0.15) is 13.3 Å². The highest BCUT2D eigenvalue weighted by Gasteiger charge is 2.32. The van der Waals surface area contributed by atoms with Gasteiger partial charge in [0, 0.05) is 37.4 Å². The second-order valence-electron chi connectivity index (χ2n) is 3.90. The molecule has 0 bridgehead atoms. The average molecular weight is 397 g/mol. The lowest BCUT2D eigenvalue weighted by atomic mass is 10.3. The number of carbonyl (C=O) groups is 2. The van der Waals surface area contributed by atoms with E-state index in [1.54, 1.807) is 17.2 Å². The summed E-state index contributed by atoms with van der Waals surface area (Å²) < 4.78 is 0.874. The first kappa shape index (κ1) is 14.1. The molecule has 7 heteroatoms. The Balaban J connectivity index is 2.21. The van der Waals surface area contributed by atoms with Gasteiger partial charge in [0.15, 0.2) is 5.12 Å². The molecular formula is C11H10ClIN2O2S. The van der Waals surface area contributed by atoms with E-state index in [-0.39, 0.29) is 16.3 Å². The van der Waals surface area contributed by atoms with Crippen LogP contribution < -0.4 is 4.90 Å². The van der Waals surface area contributed by atoms with Crippen molar-refractivity contribution in [2.75, 3.05) is 11.4 Å². The van der Waals surface area contributed by atoms with Crippen LogP contribution in [-0.4, -0.2) is 27.8 Å². The maximum absolute atomic E-state index is 12.0. The summed E-state index contributed by atoms with van der Waals surface area (Å²) in [4.78, 5) is 28.7. The number of pyridine rings is 1. The molecule has 1 aromatic rings. The quantitative estimate of drug-likeness (QED) is 0.570. The lowest BCUT2D eigenvalue weighted by molar-refractivity contribution is -0.117. The summed E-state index contributed by atoms with van der Waals surface area (Å²) in [6.07, 6.45) is 2.03. The van der Waals surface area contributed by atoms with Crippen LogP contribution in [0.5, 0.6) is 0 Å². The first-order valence-electron chi connectivity index (χ1n) is 5.26. The summed E-state index contributed by atoms with van der Waals surface area (Å²) >= 11 is 9.19. The van der Waals surface area contributed by atoms with Crippen LogP contribution >= 0.6 is 46.0 Å². The lowest BCUT2D eigenvalue weighted by Crippen LogP contribution is -2.25. The van der Waals surface area contributed by atoms with Gasteiger partial charge in [-0.1, -0.05) is 23.4 Å². The number of hydrogen-bond acceptors (Lipinski definition) is 4. The smallest absolute Gasteiger partial charge is 0.228 e. The molecule has 2 rings (SSSR count). The van der Waals surface area contributed by atoms with Crippen molar-refractivity contribution in [1.29, 1.82) is 0 Å². The van der Waals surface area contributed by atoms with Gasteiger partial charge in [-0.05, 0) is 22.6 Å². The van der Waals surface area contributed by atoms with E-state index in [0.717, 1.165) is 9.26 Å². The molecule has 18 heavy (non-hydrogen) atoms. The van der Waals surface area contributed by atoms with E-state index in [0.29, 0.717) is 18.1 Å². The zero-order chi connectivity index (χ0) is 13.3.